The highest BCUT2D eigenvalue weighted by molar-refractivity contribution is 5.94. The Labute approximate surface area is 159 Å². The fourth-order valence-corrected chi connectivity index (χ4v) is 3.11. The van der Waals surface area contributed by atoms with Gasteiger partial charge in [0, 0.05) is 25.4 Å². The minimum absolute atomic E-state index is 0.0215. The maximum atomic E-state index is 13.2. The molecule has 9 heteroatoms. The Morgan fingerprint density at radius 3 is 2.93 bits per heavy atom. The average molecular weight is 386 g/mol. The van der Waals surface area contributed by atoms with E-state index < -0.39 is 11.8 Å². The number of amides is 1. The zero-order valence-corrected chi connectivity index (χ0v) is 14.7. The summed E-state index contributed by atoms with van der Waals surface area (Å²) in [7, 11) is 0. The first-order valence-electron chi connectivity index (χ1n) is 8.76. The number of rotatable bonds is 4. The number of benzene rings is 1. The number of likely N-dealkylation sites (tertiary alicyclic amines) is 1. The minimum atomic E-state index is -0.634. The number of hydrogen-bond donors (Lipinski definition) is 0. The number of aromatic nitrogens is 3. The molecule has 4 rings (SSSR count). The predicted molar refractivity (Wildman–Crippen MR) is 92.8 cm³/mol. The molecule has 0 spiro atoms. The predicted octanol–water partition coefficient (Wildman–Crippen LogP) is 3.55. The zero-order chi connectivity index (χ0) is 19.5. The molecule has 28 heavy (non-hydrogen) atoms. The largest absolute Gasteiger partial charge is 0.422 e. The molecule has 1 atom stereocenters. The lowest BCUT2D eigenvalue weighted by atomic mass is 9.97. The highest BCUT2D eigenvalue weighted by Gasteiger charge is 2.29. The van der Waals surface area contributed by atoms with Crippen molar-refractivity contribution in [1.82, 2.24) is 20.0 Å². The monoisotopic (exact) mass is 386 g/mol. The van der Waals surface area contributed by atoms with Gasteiger partial charge in [-0.25, -0.2) is 9.37 Å². The first kappa shape index (κ1) is 18.0. The topological polar surface area (TPSA) is 81.4 Å². The lowest BCUT2D eigenvalue weighted by Gasteiger charge is -2.30. The van der Waals surface area contributed by atoms with E-state index in [2.05, 4.69) is 15.1 Å². The van der Waals surface area contributed by atoms with Crippen LogP contribution in [0.25, 0.3) is 0 Å². The van der Waals surface area contributed by atoms with Gasteiger partial charge in [-0.2, -0.15) is 9.37 Å². The van der Waals surface area contributed by atoms with E-state index in [1.165, 1.54) is 30.5 Å². The van der Waals surface area contributed by atoms with E-state index in [9.17, 15) is 13.6 Å². The highest BCUT2D eigenvalue weighted by atomic mass is 19.1. The van der Waals surface area contributed by atoms with Gasteiger partial charge in [0.1, 0.15) is 11.6 Å². The summed E-state index contributed by atoms with van der Waals surface area (Å²) in [5.41, 5.74) is 0.322. The maximum absolute atomic E-state index is 13.2. The van der Waals surface area contributed by atoms with Gasteiger partial charge < -0.3 is 14.2 Å². The van der Waals surface area contributed by atoms with Crippen LogP contribution in [0, 0.1) is 11.8 Å². The molecule has 1 aliphatic heterocycles. The Hall–Kier alpha value is -3.36. The molecular formula is C19H16F2N4O3. The molecule has 3 heterocycles. The van der Waals surface area contributed by atoms with Crippen molar-refractivity contribution in [1.29, 1.82) is 0 Å². The average Bonchev–Trinajstić information content (AvgIpc) is 3.17. The number of halogens is 2. The van der Waals surface area contributed by atoms with Crippen LogP contribution in [0.15, 0.2) is 47.1 Å². The third-order valence-corrected chi connectivity index (χ3v) is 4.46. The van der Waals surface area contributed by atoms with Crippen LogP contribution in [0.5, 0.6) is 11.8 Å². The smallest absolute Gasteiger partial charge is 0.359 e. The Morgan fingerprint density at radius 1 is 1.25 bits per heavy atom. The third kappa shape index (κ3) is 3.98. The molecule has 0 bridgehead atoms. The molecule has 0 saturated carbocycles. The van der Waals surface area contributed by atoms with Gasteiger partial charge in [-0.05, 0) is 42.3 Å². The summed E-state index contributed by atoms with van der Waals surface area (Å²) >= 11 is 0. The minimum Gasteiger partial charge on any atom is -0.422 e. The van der Waals surface area contributed by atoms with E-state index in [4.69, 9.17) is 9.26 Å². The summed E-state index contributed by atoms with van der Waals surface area (Å²) in [6.07, 6.45) is 2.75. The lowest BCUT2D eigenvalue weighted by Crippen LogP contribution is -2.39. The quantitative estimate of drug-likeness (QED) is 0.638. The molecule has 0 radical (unpaired) electrons. The van der Waals surface area contributed by atoms with E-state index in [1.54, 1.807) is 11.0 Å². The van der Waals surface area contributed by atoms with Crippen molar-refractivity contribution in [2.45, 2.75) is 18.8 Å². The summed E-state index contributed by atoms with van der Waals surface area (Å²) in [5, 5.41) is 3.77. The fraction of sp³-hybridized carbons (Fsp3) is 0.263. The molecule has 144 valence electrons. The van der Waals surface area contributed by atoms with Crippen LogP contribution in [0.3, 0.4) is 0 Å². The van der Waals surface area contributed by atoms with Crippen molar-refractivity contribution in [3.8, 4) is 11.8 Å². The first-order chi connectivity index (χ1) is 13.6. The van der Waals surface area contributed by atoms with Gasteiger partial charge in [0.05, 0.1) is 11.5 Å². The van der Waals surface area contributed by atoms with Gasteiger partial charge >= 0.3 is 6.01 Å². The maximum Gasteiger partial charge on any atom is 0.359 e. The molecule has 1 amide bonds. The van der Waals surface area contributed by atoms with Crippen LogP contribution >= 0.6 is 0 Å². The van der Waals surface area contributed by atoms with E-state index in [0.29, 0.717) is 24.5 Å². The van der Waals surface area contributed by atoms with Crippen LogP contribution in [-0.2, 0) is 0 Å². The normalized spacial score (nSPS) is 16.8. The van der Waals surface area contributed by atoms with E-state index in [1.807, 2.05) is 0 Å². The van der Waals surface area contributed by atoms with Crippen molar-refractivity contribution < 1.29 is 22.8 Å². The molecule has 7 nitrogen and oxygen atoms in total. The molecule has 1 aliphatic rings. The van der Waals surface area contributed by atoms with Crippen molar-refractivity contribution in [2.75, 3.05) is 13.1 Å². The van der Waals surface area contributed by atoms with Gasteiger partial charge in [0.25, 0.3) is 5.91 Å². The summed E-state index contributed by atoms with van der Waals surface area (Å²) in [4.78, 5) is 22.0. The van der Waals surface area contributed by atoms with Crippen molar-refractivity contribution in [3.05, 3.63) is 65.8 Å². The first-order valence-corrected chi connectivity index (χ1v) is 8.76. The molecule has 0 aliphatic carbocycles. The molecule has 0 N–H and O–H groups in total. The second-order valence-corrected chi connectivity index (χ2v) is 6.43. The fourth-order valence-electron chi connectivity index (χ4n) is 3.11. The second kappa shape index (κ2) is 7.71. The van der Waals surface area contributed by atoms with Crippen LogP contribution in [-0.4, -0.2) is 39.0 Å². The molecule has 1 fully saturated rings. The number of nitrogens with zero attached hydrogens (tertiary/aromatic N) is 4. The second-order valence-electron chi connectivity index (χ2n) is 6.43. The molecule has 1 aromatic carbocycles. The van der Waals surface area contributed by atoms with Gasteiger partial charge in [0.15, 0.2) is 0 Å². The highest BCUT2D eigenvalue weighted by Crippen LogP contribution is 2.28. The third-order valence-electron chi connectivity index (χ3n) is 4.46. The zero-order valence-electron chi connectivity index (χ0n) is 14.7. The Balaban J connectivity index is 1.44. The molecule has 2 aromatic heterocycles. The summed E-state index contributed by atoms with van der Waals surface area (Å²) in [5.74, 6) is -0.836. The summed E-state index contributed by atoms with van der Waals surface area (Å²) in [6.45, 7) is 0.964. The van der Waals surface area contributed by atoms with Crippen molar-refractivity contribution in [2.24, 2.45) is 0 Å². The Morgan fingerprint density at radius 2 is 2.14 bits per heavy atom. The van der Waals surface area contributed by atoms with E-state index >= 15 is 0 Å². The van der Waals surface area contributed by atoms with E-state index in [-0.39, 0.29) is 23.6 Å². The van der Waals surface area contributed by atoms with Gasteiger partial charge in [0.2, 0.25) is 11.8 Å². The Kier molecular flexibility index (Phi) is 4.96. The van der Waals surface area contributed by atoms with Gasteiger partial charge in [-0.1, -0.05) is 6.07 Å². The lowest BCUT2D eigenvalue weighted by molar-refractivity contribution is 0.0695. The van der Waals surface area contributed by atoms with Gasteiger partial charge in [-0.3, -0.25) is 4.79 Å². The number of carbonyl (C=O) groups is 1. The van der Waals surface area contributed by atoms with E-state index in [0.717, 1.165) is 18.9 Å². The van der Waals surface area contributed by atoms with Crippen molar-refractivity contribution >= 4 is 5.91 Å². The molecular weight excluding hydrogens is 370 g/mol. The van der Waals surface area contributed by atoms with Crippen molar-refractivity contribution in [3.63, 3.8) is 0 Å². The molecule has 3 aromatic rings. The summed E-state index contributed by atoms with van der Waals surface area (Å²) in [6, 6.07) is 8.16. The molecule has 0 unspecified atom stereocenters. The number of ether oxygens (including phenoxy) is 1. The standard InChI is InChI=1S/C19H16F2N4O3/c20-14-4-1-5-15(9-14)27-19-23-17(28-24-19)13-3-2-8-25(11-13)18(26)12-6-7-16(21)22-10-12/h1,4-7,9-10,13H,2-3,8,11H2/t13-/m0/s1. The van der Waals surface area contributed by atoms with Crippen LogP contribution in [0.1, 0.15) is 35.0 Å². The van der Waals surface area contributed by atoms with Crippen LogP contribution < -0.4 is 4.74 Å². The van der Waals surface area contributed by atoms with Gasteiger partial charge in [-0.15, -0.1) is 0 Å². The number of hydrogen-bond acceptors (Lipinski definition) is 6. The molecule has 1 saturated heterocycles. The number of pyridine rings is 1. The number of carbonyl (C=O) groups excluding carboxylic acids is 1. The van der Waals surface area contributed by atoms with Crippen LogP contribution in [0.2, 0.25) is 0 Å². The number of piperidine rings is 1. The Bertz CT molecular complexity index is 977. The summed E-state index contributed by atoms with van der Waals surface area (Å²) < 4.78 is 36.9. The van der Waals surface area contributed by atoms with Crippen LogP contribution in [0.4, 0.5) is 8.78 Å². The SMILES string of the molecule is O=C(c1ccc(F)nc1)N1CCC[C@H](c2nc(Oc3cccc(F)c3)no2)C1.